The number of thiocarbonyl (C=S) groups is 1. The van der Waals surface area contributed by atoms with Gasteiger partial charge in [0.2, 0.25) is 10.0 Å². The summed E-state index contributed by atoms with van der Waals surface area (Å²) in [5.74, 6) is 0. The summed E-state index contributed by atoms with van der Waals surface area (Å²) < 4.78 is 27.4. The van der Waals surface area contributed by atoms with Gasteiger partial charge in [-0.3, -0.25) is 0 Å². The van der Waals surface area contributed by atoms with E-state index in [9.17, 15) is 8.42 Å². The summed E-state index contributed by atoms with van der Waals surface area (Å²) in [6.07, 6.45) is 0.740. The first-order valence-corrected chi connectivity index (χ1v) is 10.5. The zero-order chi connectivity index (χ0) is 18.7. The van der Waals surface area contributed by atoms with Crippen molar-refractivity contribution >= 4 is 33.0 Å². The highest BCUT2D eigenvalue weighted by Crippen LogP contribution is 2.25. The van der Waals surface area contributed by atoms with Gasteiger partial charge in [-0.1, -0.05) is 24.3 Å². The molecule has 0 fully saturated rings. The monoisotopic (exact) mass is 389 g/mol. The smallest absolute Gasteiger partial charge is 0.243 e. The van der Waals surface area contributed by atoms with Crippen LogP contribution in [0, 0.1) is 0 Å². The third-order valence-corrected chi connectivity index (χ3v) is 6.34. The number of nitrogens with one attached hydrogen (secondary N) is 2. The van der Waals surface area contributed by atoms with Crippen LogP contribution in [-0.2, 0) is 23.0 Å². The summed E-state index contributed by atoms with van der Waals surface area (Å²) in [5.41, 5.74) is 3.06. The largest absolute Gasteiger partial charge is 0.360 e. The molecular weight excluding hydrogens is 366 g/mol. The lowest BCUT2D eigenvalue weighted by molar-refractivity contribution is 0.391. The highest BCUT2D eigenvalue weighted by molar-refractivity contribution is 7.89. The highest BCUT2D eigenvalue weighted by Gasteiger charge is 2.28. The molecule has 1 heterocycles. The summed E-state index contributed by atoms with van der Waals surface area (Å²) in [6.45, 7) is 4.92. The van der Waals surface area contributed by atoms with Gasteiger partial charge in [0.05, 0.1) is 4.90 Å². The molecule has 3 rings (SSSR count). The van der Waals surface area contributed by atoms with E-state index < -0.39 is 10.0 Å². The molecule has 2 aromatic carbocycles. The molecule has 0 spiro atoms. The minimum atomic E-state index is -3.51. The van der Waals surface area contributed by atoms with Crippen LogP contribution in [0.25, 0.3) is 0 Å². The van der Waals surface area contributed by atoms with Gasteiger partial charge in [0.1, 0.15) is 0 Å². The van der Waals surface area contributed by atoms with Gasteiger partial charge in [-0.25, -0.2) is 8.42 Å². The van der Waals surface area contributed by atoms with Gasteiger partial charge in [0.15, 0.2) is 5.11 Å². The van der Waals surface area contributed by atoms with E-state index in [1.54, 1.807) is 28.6 Å². The third kappa shape index (κ3) is 4.23. The van der Waals surface area contributed by atoms with Crippen LogP contribution in [0.1, 0.15) is 25.0 Å². The van der Waals surface area contributed by atoms with E-state index in [1.165, 1.54) is 5.56 Å². The van der Waals surface area contributed by atoms with Crippen molar-refractivity contribution in [1.29, 1.82) is 0 Å². The van der Waals surface area contributed by atoms with Crippen molar-refractivity contribution in [2.75, 3.05) is 11.9 Å². The number of sulfonamides is 1. The Labute approximate surface area is 160 Å². The molecule has 0 amide bonds. The Morgan fingerprint density at radius 3 is 2.38 bits per heavy atom. The van der Waals surface area contributed by atoms with E-state index in [0.29, 0.717) is 23.1 Å². The average molecular weight is 390 g/mol. The predicted octanol–water partition coefficient (Wildman–Crippen LogP) is 3.13. The van der Waals surface area contributed by atoms with Gasteiger partial charge in [-0.2, -0.15) is 4.31 Å². The van der Waals surface area contributed by atoms with Gasteiger partial charge < -0.3 is 10.6 Å². The van der Waals surface area contributed by atoms with Crippen LogP contribution in [0.5, 0.6) is 0 Å². The zero-order valence-corrected chi connectivity index (χ0v) is 16.5. The summed E-state index contributed by atoms with van der Waals surface area (Å²) in [4.78, 5) is 0.296. The number of hydrogen-bond acceptors (Lipinski definition) is 3. The number of fused-ring (bicyclic) bond motifs is 1. The Bertz CT molecular complexity index is 893. The van der Waals surface area contributed by atoms with E-state index in [4.69, 9.17) is 12.2 Å². The van der Waals surface area contributed by atoms with E-state index in [-0.39, 0.29) is 6.04 Å². The van der Waals surface area contributed by atoms with Crippen LogP contribution in [0.3, 0.4) is 0 Å². The molecule has 26 heavy (non-hydrogen) atoms. The number of hydrogen-bond donors (Lipinski definition) is 2. The van der Waals surface area contributed by atoms with Gasteiger partial charge >= 0.3 is 0 Å². The maximum absolute atomic E-state index is 12.9. The predicted molar refractivity (Wildman–Crippen MR) is 109 cm³/mol. The fourth-order valence-electron chi connectivity index (χ4n) is 2.96. The second kappa shape index (κ2) is 7.73. The van der Waals surface area contributed by atoms with Gasteiger partial charge in [-0.15, -0.1) is 0 Å². The molecule has 138 valence electrons. The fraction of sp³-hybridized carbons (Fsp3) is 0.316. The van der Waals surface area contributed by atoms with Gasteiger partial charge in [0.25, 0.3) is 0 Å². The lowest BCUT2D eigenvalue weighted by Gasteiger charge is -2.28. The molecule has 0 unspecified atom stereocenters. The summed E-state index contributed by atoms with van der Waals surface area (Å²) in [6, 6.07) is 14.9. The van der Waals surface area contributed by atoms with Crippen LogP contribution < -0.4 is 10.6 Å². The van der Waals surface area contributed by atoms with Crippen LogP contribution >= 0.6 is 12.2 Å². The molecule has 7 heteroatoms. The third-order valence-electron chi connectivity index (χ3n) is 4.27. The molecule has 2 N–H and O–H groups in total. The molecule has 0 atom stereocenters. The molecule has 0 aliphatic carbocycles. The van der Waals surface area contributed by atoms with Crippen LogP contribution in [0.4, 0.5) is 5.69 Å². The standard InChI is InChI=1S/C19H23N3O2S2/c1-14(2)20-19(25)21-17-7-9-18(10-8-17)26(23,24)22-12-11-15-5-3-4-6-16(15)13-22/h3-10,14H,11-13H2,1-2H3,(H2,20,21,25). The molecule has 0 bridgehead atoms. The molecule has 0 radical (unpaired) electrons. The molecule has 1 aliphatic heterocycles. The van der Waals surface area contributed by atoms with Crippen molar-refractivity contribution in [3.8, 4) is 0 Å². The second-order valence-corrected chi connectivity index (χ2v) is 8.98. The summed E-state index contributed by atoms with van der Waals surface area (Å²) in [7, 11) is -3.51. The van der Waals surface area contributed by atoms with Crippen molar-refractivity contribution in [3.05, 3.63) is 59.7 Å². The molecule has 0 saturated heterocycles. The first-order valence-electron chi connectivity index (χ1n) is 8.61. The minimum Gasteiger partial charge on any atom is -0.360 e. The Balaban J connectivity index is 1.73. The van der Waals surface area contributed by atoms with Crippen LogP contribution in [0.15, 0.2) is 53.4 Å². The Kier molecular flexibility index (Phi) is 5.60. The van der Waals surface area contributed by atoms with Crippen molar-refractivity contribution in [2.24, 2.45) is 0 Å². The summed E-state index contributed by atoms with van der Waals surface area (Å²) >= 11 is 5.21. The lowest BCUT2D eigenvalue weighted by atomic mass is 10.0. The lowest BCUT2D eigenvalue weighted by Crippen LogP contribution is -2.36. The normalized spacial score (nSPS) is 14.7. The maximum Gasteiger partial charge on any atom is 0.243 e. The van der Waals surface area contributed by atoms with E-state index in [2.05, 4.69) is 16.7 Å². The zero-order valence-electron chi connectivity index (χ0n) is 14.9. The first-order chi connectivity index (χ1) is 12.4. The molecule has 2 aromatic rings. The van der Waals surface area contributed by atoms with Gasteiger partial charge in [0, 0.05) is 24.8 Å². The van der Waals surface area contributed by atoms with Crippen molar-refractivity contribution in [1.82, 2.24) is 9.62 Å². The van der Waals surface area contributed by atoms with Gasteiger partial charge in [-0.05, 0) is 67.9 Å². The Morgan fingerprint density at radius 1 is 1.08 bits per heavy atom. The Morgan fingerprint density at radius 2 is 1.73 bits per heavy atom. The van der Waals surface area contributed by atoms with Crippen molar-refractivity contribution < 1.29 is 8.42 Å². The SMILES string of the molecule is CC(C)NC(=S)Nc1ccc(S(=O)(=O)N2CCc3ccccc3C2)cc1. The number of nitrogens with zero attached hydrogens (tertiary/aromatic N) is 1. The molecule has 1 aliphatic rings. The molecule has 5 nitrogen and oxygen atoms in total. The van der Waals surface area contributed by atoms with Crippen molar-refractivity contribution in [2.45, 2.75) is 37.8 Å². The first kappa shape index (κ1) is 18.8. The van der Waals surface area contributed by atoms with Crippen LogP contribution in [0.2, 0.25) is 0 Å². The van der Waals surface area contributed by atoms with Crippen LogP contribution in [-0.4, -0.2) is 30.4 Å². The minimum absolute atomic E-state index is 0.233. The quantitative estimate of drug-likeness (QED) is 0.787. The fourth-order valence-corrected chi connectivity index (χ4v) is 4.74. The van der Waals surface area contributed by atoms with Crippen molar-refractivity contribution in [3.63, 3.8) is 0 Å². The van der Waals surface area contributed by atoms with E-state index in [0.717, 1.165) is 17.7 Å². The van der Waals surface area contributed by atoms with E-state index >= 15 is 0 Å². The molecule has 0 aromatic heterocycles. The second-order valence-electron chi connectivity index (χ2n) is 6.63. The number of anilines is 1. The Hall–Kier alpha value is -1.96. The topological polar surface area (TPSA) is 61.4 Å². The summed E-state index contributed by atoms with van der Waals surface area (Å²) in [5, 5.41) is 6.66. The molecular formula is C19H23N3O2S2. The van der Waals surface area contributed by atoms with E-state index in [1.807, 2.05) is 32.0 Å². The molecule has 0 saturated carbocycles. The highest BCUT2D eigenvalue weighted by atomic mass is 32.2. The maximum atomic E-state index is 12.9. The number of rotatable bonds is 4. The number of benzene rings is 2. The average Bonchev–Trinajstić information content (AvgIpc) is 2.61.